The van der Waals surface area contributed by atoms with Gasteiger partial charge >= 0.3 is 5.97 Å². The van der Waals surface area contributed by atoms with E-state index in [1.54, 1.807) is 36.4 Å². The predicted molar refractivity (Wildman–Crippen MR) is 95.8 cm³/mol. The normalized spacial score (nSPS) is 11.5. The maximum atomic E-state index is 12.2. The maximum Gasteiger partial charge on any atom is 0.333 e. The van der Waals surface area contributed by atoms with Gasteiger partial charge in [0.05, 0.1) is 7.11 Å². The summed E-state index contributed by atoms with van der Waals surface area (Å²) in [5.74, 6) is -0.425. The van der Waals surface area contributed by atoms with Crippen LogP contribution >= 0.6 is 11.6 Å². The van der Waals surface area contributed by atoms with Crippen molar-refractivity contribution in [1.29, 1.82) is 0 Å². The van der Waals surface area contributed by atoms with Gasteiger partial charge in [0, 0.05) is 5.02 Å². The zero-order valence-corrected chi connectivity index (χ0v) is 15.1. The van der Waals surface area contributed by atoms with Crippen LogP contribution in [-0.2, 0) is 14.3 Å². The van der Waals surface area contributed by atoms with E-state index >= 15 is 0 Å². The van der Waals surface area contributed by atoms with Gasteiger partial charge in [-0.25, -0.2) is 4.79 Å². The Balaban J connectivity index is 2.03. The number of hydrogen-bond acceptors (Lipinski definition) is 4. The molecule has 0 radical (unpaired) electrons. The van der Waals surface area contributed by atoms with Crippen molar-refractivity contribution in [2.75, 3.05) is 13.7 Å². The third kappa shape index (κ3) is 4.97. The minimum absolute atomic E-state index is 0.221. The van der Waals surface area contributed by atoms with E-state index in [0.29, 0.717) is 16.3 Å². The van der Waals surface area contributed by atoms with Gasteiger partial charge in [-0.05, 0) is 42.7 Å². The highest BCUT2D eigenvalue weighted by molar-refractivity contribution is 6.32. The highest BCUT2D eigenvalue weighted by Crippen LogP contribution is 2.25. The molecule has 1 amide bonds. The lowest BCUT2D eigenvalue weighted by atomic mass is 10.1. The van der Waals surface area contributed by atoms with Crippen molar-refractivity contribution < 1.29 is 19.1 Å². The Bertz CT molecular complexity index is 738. The van der Waals surface area contributed by atoms with Gasteiger partial charge in [-0.15, -0.1) is 0 Å². The highest BCUT2D eigenvalue weighted by Gasteiger charge is 2.23. The molecule has 2 aromatic rings. The van der Waals surface area contributed by atoms with Crippen LogP contribution in [-0.4, -0.2) is 25.6 Å². The van der Waals surface area contributed by atoms with Gasteiger partial charge in [-0.3, -0.25) is 4.79 Å². The average Bonchev–Trinajstić information content (AvgIpc) is 2.62. The van der Waals surface area contributed by atoms with Crippen LogP contribution in [0.5, 0.6) is 5.75 Å². The predicted octanol–water partition coefficient (Wildman–Crippen LogP) is 3.37. The number of rotatable bonds is 6. The van der Waals surface area contributed by atoms with Gasteiger partial charge < -0.3 is 14.8 Å². The van der Waals surface area contributed by atoms with Gasteiger partial charge in [0.2, 0.25) is 0 Å². The first-order valence-electron chi connectivity index (χ1n) is 7.74. The number of hydrogen-bond donors (Lipinski definition) is 1. The molecule has 25 heavy (non-hydrogen) atoms. The fourth-order valence-corrected chi connectivity index (χ4v) is 2.49. The Labute approximate surface area is 151 Å². The molecule has 0 fully saturated rings. The largest absolute Gasteiger partial charge is 0.484 e. The molecule has 6 heteroatoms. The number of ether oxygens (including phenoxy) is 2. The van der Waals surface area contributed by atoms with E-state index in [2.05, 4.69) is 5.32 Å². The molecular weight excluding hydrogens is 342 g/mol. The van der Waals surface area contributed by atoms with Crippen LogP contribution in [0.3, 0.4) is 0 Å². The van der Waals surface area contributed by atoms with Crippen LogP contribution in [0.15, 0.2) is 42.5 Å². The minimum Gasteiger partial charge on any atom is -0.484 e. The Morgan fingerprint density at radius 3 is 2.28 bits per heavy atom. The quantitative estimate of drug-likeness (QED) is 0.801. The molecule has 1 atom stereocenters. The summed E-state index contributed by atoms with van der Waals surface area (Å²) in [6.45, 7) is 3.51. The number of amides is 1. The average molecular weight is 362 g/mol. The third-order valence-electron chi connectivity index (χ3n) is 3.66. The summed E-state index contributed by atoms with van der Waals surface area (Å²) in [5.41, 5.74) is 2.38. The van der Waals surface area contributed by atoms with Crippen LogP contribution in [0, 0.1) is 13.8 Å². The van der Waals surface area contributed by atoms with Gasteiger partial charge in [-0.2, -0.15) is 0 Å². The van der Waals surface area contributed by atoms with Crippen molar-refractivity contribution in [1.82, 2.24) is 5.32 Å². The molecular formula is C19H20ClNO4. The molecule has 0 bridgehead atoms. The lowest BCUT2D eigenvalue weighted by Gasteiger charge is -2.17. The van der Waals surface area contributed by atoms with Gasteiger partial charge in [-0.1, -0.05) is 41.9 Å². The van der Waals surface area contributed by atoms with E-state index in [-0.39, 0.29) is 6.61 Å². The Morgan fingerprint density at radius 2 is 1.72 bits per heavy atom. The fourth-order valence-electron chi connectivity index (χ4n) is 2.38. The number of carbonyl (C=O) groups excluding carboxylic acids is 2. The number of carbonyl (C=O) groups is 2. The molecule has 5 nitrogen and oxygen atoms in total. The van der Waals surface area contributed by atoms with Crippen LogP contribution in [0.25, 0.3) is 0 Å². The molecule has 1 unspecified atom stereocenters. The number of esters is 1. The number of aryl methyl sites for hydroxylation is 2. The van der Waals surface area contributed by atoms with Crippen molar-refractivity contribution in [3.05, 3.63) is 64.2 Å². The smallest absolute Gasteiger partial charge is 0.333 e. The maximum absolute atomic E-state index is 12.2. The molecule has 132 valence electrons. The summed E-state index contributed by atoms with van der Waals surface area (Å²) in [4.78, 5) is 24.1. The number of halogens is 1. The topological polar surface area (TPSA) is 64.6 Å². The second-order valence-electron chi connectivity index (χ2n) is 5.59. The third-order valence-corrected chi connectivity index (χ3v) is 4.25. The fraction of sp³-hybridized carbons (Fsp3) is 0.263. The number of nitrogens with one attached hydrogen (secondary N) is 1. The molecule has 2 rings (SSSR count). The molecule has 0 saturated heterocycles. The summed E-state index contributed by atoms with van der Waals surface area (Å²) >= 11 is 6.11. The molecule has 0 aliphatic rings. The Hall–Kier alpha value is -2.53. The van der Waals surface area contributed by atoms with Gasteiger partial charge in [0.15, 0.2) is 12.6 Å². The second kappa shape index (κ2) is 8.53. The minimum atomic E-state index is -0.879. The SMILES string of the molecule is COC(=O)C(NC(=O)COc1cc(C)c(Cl)c(C)c1)c1ccccc1. The van der Waals surface area contributed by atoms with Crippen LogP contribution in [0.2, 0.25) is 5.02 Å². The van der Waals surface area contributed by atoms with Crippen molar-refractivity contribution >= 4 is 23.5 Å². The zero-order chi connectivity index (χ0) is 18.4. The molecule has 0 aromatic heterocycles. The van der Waals surface area contributed by atoms with Crippen molar-refractivity contribution in [3.63, 3.8) is 0 Å². The lowest BCUT2D eigenvalue weighted by molar-refractivity contribution is -0.145. The summed E-state index contributed by atoms with van der Waals surface area (Å²) in [6, 6.07) is 11.5. The molecule has 2 aromatic carbocycles. The first-order chi connectivity index (χ1) is 11.9. The van der Waals surface area contributed by atoms with Crippen LogP contribution in [0.1, 0.15) is 22.7 Å². The first kappa shape index (κ1) is 18.8. The Kier molecular flexibility index (Phi) is 6.42. The molecule has 0 heterocycles. The monoisotopic (exact) mass is 361 g/mol. The first-order valence-corrected chi connectivity index (χ1v) is 8.12. The van der Waals surface area contributed by atoms with Crippen molar-refractivity contribution in [2.24, 2.45) is 0 Å². The van der Waals surface area contributed by atoms with Gasteiger partial charge in [0.1, 0.15) is 5.75 Å². The Morgan fingerprint density at radius 1 is 1.12 bits per heavy atom. The van der Waals surface area contributed by atoms with E-state index in [1.807, 2.05) is 19.9 Å². The van der Waals surface area contributed by atoms with Gasteiger partial charge in [0.25, 0.3) is 5.91 Å². The number of benzene rings is 2. The molecule has 0 aliphatic heterocycles. The standard InChI is InChI=1S/C19H20ClNO4/c1-12-9-15(10-13(2)17(12)20)25-11-16(22)21-18(19(23)24-3)14-7-5-4-6-8-14/h4-10,18H,11H2,1-3H3,(H,21,22). The van der Waals surface area contributed by atoms with Crippen LogP contribution < -0.4 is 10.1 Å². The van der Waals surface area contributed by atoms with Crippen LogP contribution in [0.4, 0.5) is 0 Å². The van der Waals surface area contributed by atoms with Crippen molar-refractivity contribution in [2.45, 2.75) is 19.9 Å². The molecule has 1 N–H and O–H groups in total. The van der Waals surface area contributed by atoms with E-state index in [0.717, 1.165) is 11.1 Å². The van der Waals surface area contributed by atoms with E-state index < -0.39 is 17.9 Å². The summed E-state index contributed by atoms with van der Waals surface area (Å²) in [5, 5.41) is 3.30. The lowest BCUT2D eigenvalue weighted by Crippen LogP contribution is -2.37. The van der Waals surface area contributed by atoms with E-state index in [4.69, 9.17) is 21.1 Å². The van der Waals surface area contributed by atoms with E-state index in [1.165, 1.54) is 7.11 Å². The molecule has 0 spiro atoms. The summed E-state index contributed by atoms with van der Waals surface area (Å²) in [7, 11) is 1.28. The molecule has 0 saturated carbocycles. The van der Waals surface area contributed by atoms with E-state index in [9.17, 15) is 9.59 Å². The second-order valence-corrected chi connectivity index (χ2v) is 5.97. The number of methoxy groups -OCH3 is 1. The summed E-state index contributed by atoms with van der Waals surface area (Å²) in [6.07, 6.45) is 0. The molecule has 0 aliphatic carbocycles. The summed E-state index contributed by atoms with van der Waals surface area (Å²) < 4.78 is 10.3. The zero-order valence-electron chi connectivity index (χ0n) is 14.3. The highest BCUT2D eigenvalue weighted by atomic mass is 35.5. The van der Waals surface area contributed by atoms with Crippen molar-refractivity contribution in [3.8, 4) is 5.75 Å².